The van der Waals surface area contributed by atoms with Crippen LogP contribution in [0, 0.1) is 0 Å². The molecular weight excluding hydrogens is 468 g/mol. The van der Waals surface area contributed by atoms with Crippen LogP contribution in [0.4, 0.5) is 0 Å². The molecule has 3 aromatic carbocycles. The second-order valence-electron chi connectivity index (χ2n) is 7.41. The lowest BCUT2D eigenvalue weighted by Gasteiger charge is -2.06. The molecule has 0 fully saturated rings. The molecule has 0 atom stereocenters. The van der Waals surface area contributed by atoms with E-state index in [4.69, 9.17) is 5.21 Å². The van der Waals surface area contributed by atoms with Crippen molar-refractivity contribution in [3.05, 3.63) is 106 Å². The van der Waals surface area contributed by atoms with Crippen molar-refractivity contribution in [2.24, 2.45) is 0 Å². The van der Waals surface area contributed by atoms with Gasteiger partial charge in [-0.25, -0.2) is 5.48 Å². The Labute approximate surface area is 194 Å². The van der Waals surface area contributed by atoms with E-state index in [0.29, 0.717) is 24.1 Å². The highest BCUT2D eigenvalue weighted by atomic mass is 79.9. The third-order valence-corrected chi connectivity index (χ3v) is 5.82. The van der Waals surface area contributed by atoms with Gasteiger partial charge in [0, 0.05) is 27.7 Å². The number of carbonyl (C=O) groups excluding carboxylic acids is 2. The number of rotatable bonds is 7. The Morgan fingerprint density at radius 1 is 0.875 bits per heavy atom. The predicted molar refractivity (Wildman–Crippen MR) is 128 cm³/mol. The number of amides is 1. The average Bonchev–Trinajstić information content (AvgIpc) is 3.29. The summed E-state index contributed by atoms with van der Waals surface area (Å²) in [5.74, 6) is -0.547. The lowest BCUT2D eigenvalue weighted by Crippen LogP contribution is -2.18. The predicted octanol–water partition coefficient (Wildman–Crippen LogP) is 6.05. The number of halogens is 1. The number of nitrogens with one attached hydrogen (secondary N) is 2. The second-order valence-corrected chi connectivity index (χ2v) is 8.32. The van der Waals surface area contributed by atoms with Crippen LogP contribution < -0.4 is 5.48 Å². The maximum Gasteiger partial charge on any atom is 0.274 e. The van der Waals surface area contributed by atoms with Crippen LogP contribution in [0.1, 0.15) is 32.8 Å². The van der Waals surface area contributed by atoms with Crippen LogP contribution in [0.25, 0.3) is 22.4 Å². The van der Waals surface area contributed by atoms with Gasteiger partial charge in [-0.15, -0.1) is 0 Å². The van der Waals surface area contributed by atoms with E-state index >= 15 is 0 Å². The lowest BCUT2D eigenvalue weighted by molar-refractivity contribution is 0.0706. The first-order valence-corrected chi connectivity index (χ1v) is 11.0. The third kappa shape index (κ3) is 4.88. The van der Waals surface area contributed by atoms with E-state index in [2.05, 4.69) is 20.9 Å². The smallest absolute Gasteiger partial charge is 0.274 e. The Morgan fingerprint density at radius 2 is 1.56 bits per heavy atom. The molecule has 0 aliphatic heterocycles. The summed E-state index contributed by atoms with van der Waals surface area (Å²) < 4.78 is 0.978. The minimum Gasteiger partial charge on any atom is -0.352 e. The molecule has 0 aliphatic rings. The van der Waals surface area contributed by atoms with Crippen molar-refractivity contribution in [1.29, 1.82) is 0 Å². The molecule has 0 spiro atoms. The largest absolute Gasteiger partial charge is 0.352 e. The van der Waals surface area contributed by atoms with E-state index in [-0.39, 0.29) is 5.78 Å². The molecule has 3 N–H and O–H groups in total. The quantitative estimate of drug-likeness (QED) is 0.168. The fourth-order valence-corrected chi connectivity index (χ4v) is 3.84. The highest BCUT2D eigenvalue weighted by Gasteiger charge is 2.18. The normalized spacial score (nSPS) is 10.7. The van der Waals surface area contributed by atoms with Crippen LogP contribution in [0.15, 0.2) is 89.4 Å². The number of carbonyl (C=O) groups is 2. The van der Waals surface area contributed by atoms with Crippen molar-refractivity contribution < 1.29 is 14.8 Å². The monoisotopic (exact) mass is 488 g/mol. The van der Waals surface area contributed by atoms with Crippen molar-refractivity contribution in [3.63, 3.8) is 0 Å². The lowest BCUT2D eigenvalue weighted by atomic mass is 9.99. The van der Waals surface area contributed by atoms with Gasteiger partial charge in [0.2, 0.25) is 0 Å². The number of ketones is 1. The molecule has 0 saturated carbocycles. The van der Waals surface area contributed by atoms with Gasteiger partial charge in [-0.05, 0) is 53.4 Å². The van der Waals surface area contributed by atoms with Crippen LogP contribution in [0.2, 0.25) is 0 Å². The van der Waals surface area contributed by atoms with E-state index in [9.17, 15) is 9.59 Å². The van der Waals surface area contributed by atoms with Gasteiger partial charge >= 0.3 is 0 Å². The zero-order valence-corrected chi connectivity index (χ0v) is 18.7. The first-order valence-electron chi connectivity index (χ1n) is 10.2. The van der Waals surface area contributed by atoms with E-state index < -0.39 is 5.91 Å². The number of benzene rings is 3. The molecule has 1 heterocycles. The van der Waals surface area contributed by atoms with E-state index in [1.807, 2.05) is 60.7 Å². The Morgan fingerprint density at radius 3 is 2.22 bits per heavy atom. The maximum absolute atomic E-state index is 13.2. The van der Waals surface area contributed by atoms with Gasteiger partial charge in [0.15, 0.2) is 5.78 Å². The van der Waals surface area contributed by atoms with Gasteiger partial charge in [-0.1, -0.05) is 70.5 Å². The summed E-state index contributed by atoms with van der Waals surface area (Å²) in [6, 6.07) is 26.7. The van der Waals surface area contributed by atoms with E-state index in [1.54, 1.807) is 29.7 Å². The zero-order valence-electron chi connectivity index (χ0n) is 17.1. The van der Waals surface area contributed by atoms with Crippen LogP contribution in [0.5, 0.6) is 0 Å². The number of Topliss-reactive ketones (excluding diaryl/α,β-unsaturated/α-hetero) is 1. The fourth-order valence-electron chi connectivity index (χ4n) is 3.58. The van der Waals surface area contributed by atoms with Gasteiger partial charge in [0.05, 0.1) is 5.69 Å². The Kier molecular flexibility index (Phi) is 6.63. The summed E-state index contributed by atoms with van der Waals surface area (Å²) in [4.78, 5) is 28.0. The molecule has 0 aliphatic carbocycles. The van der Waals surface area contributed by atoms with E-state index in [1.165, 1.54) is 0 Å². The van der Waals surface area contributed by atoms with Gasteiger partial charge in [-0.3, -0.25) is 14.8 Å². The number of aromatic nitrogens is 1. The molecule has 0 saturated heterocycles. The first kappa shape index (κ1) is 21.7. The molecule has 5 nitrogen and oxygen atoms in total. The highest BCUT2D eigenvalue weighted by molar-refractivity contribution is 9.10. The number of hydrogen-bond donors (Lipinski definition) is 3. The van der Waals surface area contributed by atoms with Gasteiger partial charge in [0.1, 0.15) is 0 Å². The summed E-state index contributed by atoms with van der Waals surface area (Å²) in [7, 11) is 0. The van der Waals surface area contributed by atoms with Crippen LogP contribution in [-0.2, 0) is 6.42 Å². The van der Waals surface area contributed by atoms with Crippen molar-refractivity contribution in [2.45, 2.75) is 12.8 Å². The minimum absolute atomic E-state index is 0.0160. The topological polar surface area (TPSA) is 82.2 Å². The molecule has 1 amide bonds. The fraction of sp³-hybridized carbons (Fsp3) is 0.0769. The van der Waals surface area contributed by atoms with Crippen LogP contribution >= 0.6 is 15.9 Å². The molecular formula is C26H21BrN2O3. The zero-order chi connectivity index (χ0) is 22.5. The molecule has 0 bridgehead atoms. The number of hydrogen-bond acceptors (Lipinski definition) is 3. The van der Waals surface area contributed by atoms with Crippen molar-refractivity contribution in [1.82, 2.24) is 10.5 Å². The molecule has 0 radical (unpaired) electrons. The standard InChI is InChI=1S/C26H21BrN2O3/c27-21-13-11-18(12-14-21)22-16-23(19-4-2-1-3-5-19)28-25(22)24(30)15-8-17-6-9-20(10-7-17)26(31)29-32/h1-7,9-14,16,28,32H,8,15H2,(H,29,31). The molecule has 4 aromatic rings. The van der Waals surface area contributed by atoms with Crippen LogP contribution in [-0.4, -0.2) is 21.9 Å². The Hall–Kier alpha value is -3.48. The Bertz CT molecular complexity index is 1230. The second kappa shape index (κ2) is 9.77. The number of H-pyrrole nitrogens is 1. The molecule has 4 rings (SSSR count). The SMILES string of the molecule is O=C(NO)c1ccc(CCC(=O)c2[nH]c(-c3ccccc3)cc2-c2ccc(Br)cc2)cc1. The summed E-state index contributed by atoms with van der Waals surface area (Å²) in [6.45, 7) is 0. The molecule has 160 valence electrons. The molecule has 6 heteroatoms. The van der Waals surface area contributed by atoms with Crippen molar-refractivity contribution in [2.75, 3.05) is 0 Å². The van der Waals surface area contributed by atoms with Gasteiger partial charge < -0.3 is 4.98 Å². The van der Waals surface area contributed by atoms with Crippen molar-refractivity contribution in [3.8, 4) is 22.4 Å². The number of hydroxylamine groups is 1. The number of aryl methyl sites for hydroxylation is 1. The third-order valence-electron chi connectivity index (χ3n) is 5.29. The van der Waals surface area contributed by atoms with Crippen LogP contribution in [0.3, 0.4) is 0 Å². The first-order chi connectivity index (χ1) is 15.5. The summed E-state index contributed by atoms with van der Waals surface area (Å²) in [5.41, 5.74) is 7.24. The number of aromatic amines is 1. The molecule has 1 aromatic heterocycles. The highest BCUT2D eigenvalue weighted by Crippen LogP contribution is 2.31. The summed E-state index contributed by atoms with van der Waals surface area (Å²) in [5, 5.41) is 8.73. The average molecular weight is 489 g/mol. The summed E-state index contributed by atoms with van der Waals surface area (Å²) in [6.07, 6.45) is 0.864. The van der Waals surface area contributed by atoms with Crippen molar-refractivity contribution >= 4 is 27.6 Å². The maximum atomic E-state index is 13.2. The van der Waals surface area contributed by atoms with E-state index in [0.717, 1.165) is 32.4 Å². The van der Waals surface area contributed by atoms with Gasteiger partial charge in [0.25, 0.3) is 5.91 Å². The summed E-state index contributed by atoms with van der Waals surface area (Å²) >= 11 is 3.46. The molecule has 32 heavy (non-hydrogen) atoms. The Balaban J connectivity index is 1.59. The van der Waals surface area contributed by atoms with Gasteiger partial charge in [-0.2, -0.15) is 0 Å². The molecule has 0 unspecified atom stereocenters. The minimum atomic E-state index is -0.563.